The first kappa shape index (κ1) is 26.3. The molecule has 2 aliphatic heterocycles. The molecule has 38 heavy (non-hydrogen) atoms. The summed E-state index contributed by atoms with van der Waals surface area (Å²) in [5.74, 6) is -1.10. The van der Waals surface area contributed by atoms with Gasteiger partial charge in [0.25, 0.3) is 0 Å². The number of hydrogen-bond donors (Lipinski definition) is 1. The maximum atomic E-state index is 15.2. The van der Waals surface area contributed by atoms with E-state index in [1.54, 1.807) is 12.4 Å². The van der Waals surface area contributed by atoms with Crippen molar-refractivity contribution in [2.45, 2.75) is 25.4 Å². The van der Waals surface area contributed by atoms with Gasteiger partial charge in [0.1, 0.15) is 11.6 Å². The van der Waals surface area contributed by atoms with Crippen LogP contribution in [0.25, 0.3) is 27.7 Å². The van der Waals surface area contributed by atoms with Crippen LogP contribution in [0.2, 0.25) is 0 Å². The van der Waals surface area contributed by atoms with Gasteiger partial charge in [-0.1, -0.05) is 12.1 Å². The minimum Gasteiger partial charge on any atom is -0.404 e. The van der Waals surface area contributed by atoms with Crippen molar-refractivity contribution >= 4 is 22.8 Å². The van der Waals surface area contributed by atoms with E-state index in [9.17, 15) is 0 Å². The molecule has 0 amide bonds. The molecule has 0 atom stereocenters. The average Bonchev–Trinajstić information content (AvgIpc) is 2.92. The highest BCUT2D eigenvalue weighted by Gasteiger charge is 2.20. The Morgan fingerprint density at radius 2 is 1.71 bits per heavy atom. The average molecular weight is 520 g/mol. The van der Waals surface area contributed by atoms with Crippen LogP contribution >= 0.6 is 0 Å². The van der Waals surface area contributed by atoms with Crippen molar-refractivity contribution in [1.29, 1.82) is 0 Å². The number of piperazine rings is 1. The zero-order valence-electron chi connectivity index (χ0n) is 22.1. The Balaban J connectivity index is 1.42. The van der Waals surface area contributed by atoms with Gasteiger partial charge in [0, 0.05) is 61.8 Å². The summed E-state index contributed by atoms with van der Waals surface area (Å²) in [4.78, 5) is 20.7. The first-order valence-electron chi connectivity index (χ1n) is 13.2. The lowest BCUT2D eigenvalue weighted by atomic mass is 10.0. The largest absolute Gasteiger partial charge is 0.404 e. The fourth-order valence-corrected chi connectivity index (χ4v) is 5.07. The molecule has 2 aromatic carbocycles. The molecule has 0 saturated carbocycles. The minimum absolute atomic E-state index is 0.101. The van der Waals surface area contributed by atoms with Gasteiger partial charge in [0.05, 0.1) is 29.0 Å². The van der Waals surface area contributed by atoms with Crippen LogP contribution in [0.4, 0.5) is 8.78 Å². The second kappa shape index (κ2) is 11.6. The highest BCUT2D eigenvalue weighted by molar-refractivity contribution is 6.09. The molecule has 0 unspecified atom stereocenters. The van der Waals surface area contributed by atoms with Gasteiger partial charge in [-0.15, -0.1) is 0 Å². The number of likely N-dealkylation sites (tertiary alicyclic amines) is 1. The second-order valence-corrected chi connectivity index (χ2v) is 10.4. The summed E-state index contributed by atoms with van der Waals surface area (Å²) in [6, 6.07) is 8.52. The van der Waals surface area contributed by atoms with Crippen molar-refractivity contribution in [1.82, 2.24) is 24.7 Å². The number of nitrogens with two attached hydrogens (primary N) is 1. The Bertz CT molecular complexity index is 1320. The molecule has 7 nitrogen and oxygen atoms in total. The monoisotopic (exact) mass is 519 g/mol. The van der Waals surface area contributed by atoms with E-state index >= 15 is 8.78 Å². The summed E-state index contributed by atoms with van der Waals surface area (Å²) in [5, 5.41) is 0. The van der Waals surface area contributed by atoms with E-state index in [1.807, 2.05) is 18.2 Å². The minimum atomic E-state index is -0.548. The van der Waals surface area contributed by atoms with Crippen LogP contribution in [-0.4, -0.2) is 90.3 Å². The smallest absolute Gasteiger partial charge is 0.131 e. The number of aromatic nitrogens is 2. The molecule has 2 aliphatic rings. The van der Waals surface area contributed by atoms with Crippen molar-refractivity contribution in [2.24, 2.45) is 10.7 Å². The Hall–Kier alpha value is -3.27. The van der Waals surface area contributed by atoms with Gasteiger partial charge in [-0.2, -0.15) is 0 Å². The van der Waals surface area contributed by atoms with Gasteiger partial charge in [0.15, 0.2) is 0 Å². The number of hydrogen-bond acceptors (Lipinski definition) is 7. The Labute approximate surface area is 222 Å². The van der Waals surface area contributed by atoms with Crippen LogP contribution in [-0.2, 0) is 6.54 Å². The molecule has 3 heterocycles. The fourth-order valence-electron chi connectivity index (χ4n) is 5.07. The van der Waals surface area contributed by atoms with Crippen molar-refractivity contribution in [2.75, 3.05) is 53.4 Å². The van der Waals surface area contributed by atoms with Gasteiger partial charge >= 0.3 is 0 Å². The number of rotatable bonds is 6. The van der Waals surface area contributed by atoms with E-state index in [0.29, 0.717) is 33.4 Å². The predicted molar refractivity (Wildman–Crippen MR) is 149 cm³/mol. The molecular formula is C29H35F2N7. The van der Waals surface area contributed by atoms with Crippen molar-refractivity contribution in [3.63, 3.8) is 0 Å². The van der Waals surface area contributed by atoms with Crippen LogP contribution in [0.1, 0.15) is 24.1 Å². The molecule has 0 radical (unpaired) electrons. The quantitative estimate of drug-likeness (QED) is 0.500. The maximum absolute atomic E-state index is 15.2. The summed E-state index contributed by atoms with van der Waals surface area (Å²) in [5.41, 5.74) is 9.51. The fraction of sp³-hybridized carbons (Fsp3) is 0.414. The van der Waals surface area contributed by atoms with E-state index < -0.39 is 11.6 Å². The molecule has 0 aliphatic carbocycles. The van der Waals surface area contributed by atoms with Crippen LogP contribution in [0, 0.1) is 11.6 Å². The first-order valence-corrected chi connectivity index (χ1v) is 13.2. The lowest BCUT2D eigenvalue weighted by molar-refractivity contribution is 0.145. The molecular weight excluding hydrogens is 484 g/mol. The molecule has 9 heteroatoms. The third-order valence-electron chi connectivity index (χ3n) is 7.59. The van der Waals surface area contributed by atoms with E-state index in [4.69, 9.17) is 15.7 Å². The molecule has 2 fully saturated rings. The zero-order valence-corrected chi connectivity index (χ0v) is 22.1. The highest BCUT2D eigenvalue weighted by Crippen LogP contribution is 2.30. The van der Waals surface area contributed by atoms with Gasteiger partial charge in [-0.05, 0) is 63.8 Å². The molecule has 1 aromatic heterocycles. The Morgan fingerprint density at radius 1 is 1.03 bits per heavy atom. The zero-order chi connectivity index (χ0) is 26.6. The summed E-state index contributed by atoms with van der Waals surface area (Å²) < 4.78 is 30.5. The van der Waals surface area contributed by atoms with Crippen LogP contribution in [0.15, 0.2) is 47.7 Å². The van der Waals surface area contributed by atoms with Crippen molar-refractivity contribution in [3.8, 4) is 11.1 Å². The molecule has 200 valence electrons. The van der Waals surface area contributed by atoms with Crippen molar-refractivity contribution < 1.29 is 8.78 Å². The normalized spacial score (nSPS) is 19.1. The maximum Gasteiger partial charge on any atom is 0.131 e. The van der Waals surface area contributed by atoms with Gasteiger partial charge < -0.3 is 15.5 Å². The predicted octanol–water partition coefficient (Wildman–Crippen LogP) is 3.79. The number of likely N-dealkylation sites (N-methyl/N-ethyl adjacent to an activating group) is 1. The summed E-state index contributed by atoms with van der Waals surface area (Å²) in [6.07, 6.45) is 6.90. The summed E-state index contributed by atoms with van der Waals surface area (Å²) in [6.45, 7) is 5.65. The lowest BCUT2D eigenvalue weighted by Gasteiger charge is -2.32. The number of aliphatic imine (C=N–C) groups is 1. The standard InChI is InChI=1S/C29H35F2N7/c1-36-8-6-22(7-9-36)33-17-21(16-32)28-18-34-27-5-3-4-23(29(27)35-28)20-14-25(30)24(26(31)15-20)19-38-12-10-37(2)11-13-38/h3-5,14-18,22H,6-13,19,32H2,1-2H3. The third kappa shape index (κ3) is 5.90. The number of nitrogens with zero attached hydrogens (tertiary/aromatic N) is 6. The molecule has 2 N–H and O–H groups in total. The van der Waals surface area contributed by atoms with Gasteiger partial charge in [-0.25, -0.2) is 13.8 Å². The van der Waals surface area contributed by atoms with Crippen molar-refractivity contribution in [3.05, 3.63) is 65.6 Å². The molecule has 0 spiro atoms. The first-order chi connectivity index (χ1) is 18.4. The number of halogens is 2. The third-order valence-corrected chi connectivity index (χ3v) is 7.59. The topological polar surface area (TPSA) is 73.9 Å². The van der Waals surface area contributed by atoms with Gasteiger partial charge in [0.2, 0.25) is 0 Å². The number of benzene rings is 2. The van der Waals surface area contributed by atoms with Crippen LogP contribution in [0.5, 0.6) is 0 Å². The number of para-hydroxylation sites is 1. The van der Waals surface area contributed by atoms with E-state index in [-0.39, 0.29) is 18.2 Å². The van der Waals surface area contributed by atoms with Gasteiger partial charge in [-0.3, -0.25) is 14.9 Å². The second-order valence-electron chi connectivity index (χ2n) is 10.4. The number of fused-ring (bicyclic) bond motifs is 1. The van der Waals surface area contributed by atoms with Crippen LogP contribution < -0.4 is 5.73 Å². The Kier molecular flexibility index (Phi) is 8.06. The number of allylic oxidation sites excluding steroid dienone is 1. The molecule has 2 saturated heterocycles. The lowest BCUT2D eigenvalue weighted by Crippen LogP contribution is -2.44. The molecule has 5 rings (SSSR count). The van der Waals surface area contributed by atoms with E-state index in [0.717, 1.165) is 52.1 Å². The summed E-state index contributed by atoms with van der Waals surface area (Å²) >= 11 is 0. The van der Waals surface area contributed by atoms with E-state index in [2.05, 4.69) is 33.8 Å². The molecule has 3 aromatic rings. The molecule has 0 bridgehead atoms. The number of piperidine rings is 1. The van der Waals surface area contributed by atoms with Crippen LogP contribution in [0.3, 0.4) is 0 Å². The Morgan fingerprint density at radius 3 is 2.39 bits per heavy atom. The highest BCUT2D eigenvalue weighted by atomic mass is 19.1. The van der Waals surface area contributed by atoms with E-state index in [1.165, 1.54) is 18.3 Å². The SMILES string of the molecule is CN1CCC(N=CC(=CN)c2cnc3cccc(-c4cc(F)c(CN5CCN(C)CC5)c(F)c4)c3n2)CC1. The summed E-state index contributed by atoms with van der Waals surface area (Å²) in [7, 11) is 4.17.